The van der Waals surface area contributed by atoms with E-state index in [4.69, 9.17) is 17.3 Å². The second-order valence-electron chi connectivity index (χ2n) is 5.98. The van der Waals surface area contributed by atoms with Crippen LogP contribution in [0.2, 0.25) is 5.02 Å². The Morgan fingerprint density at radius 3 is 2.43 bits per heavy atom. The van der Waals surface area contributed by atoms with Gasteiger partial charge in [-0.3, -0.25) is 9.59 Å². The van der Waals surface area contributed by atoms with E-state index in [0.29, 0.717) is 22.0 Å². The molecule has 0 radical (unpaired) electrons. The van der Waals surface area contributed by atoms with Crippen LogP contribution in [0.5, 0.6) is 0 Å². The van der Waals surface area contributed by atoms with Gasteiger partial charge in [-0.15, -0.1) is 5.10 Å². The molecule has 1 fully saturated rings. The van der Waals surface area contributed by atoms with Gasteiger partial charge >= 0.3 is 0 Å². The highest BCUT2D eigenvalue weighted by atomic mass is 35.5. The minimum Gasteiger partial charge on any atom is -0.377 e. The lowest BCUT2D eigenvalue weighted by Gasteiger charge is -2.14. The Kier molecular flexibility index (Phi) is 6.11. The quantitative estimate of drug-likeness (QED) is 0.355. The smallest absolute Gasteiger partial charge is 0.247 e. The largest absolute Gasteiger partial charge is 0.377 e. The van der Waals surface area contributed by atoms with E-state index in [1.807, 2.05) is 0 Å². The molecule has 2 amide bonds. The predicted octanol–water partition coefficient (Wildman–Crippen LogP) is 3.58. The van der Waals surface area contributed by atoms with Crippen LogP contribution in [0.4, 0.5) is 10.1 Å². The SMILES string of the molecule is C/C(=N\N=C(N)SC1CC(=O)N(c2ccc(Cl)cc2)C1=O)c1ccc(F)cc1. The first-order valence-electron chi connectivity index (χ1n) is 8.28. The number of amides is 2. The number of nitrogens with two attached hydrogens (primary N) is 1. The maximum absolute atomic E-state index is 13.0. The van der Waals surface area contributed by atoms with E-state index in [9.17, 15) is 14.0 Å². The molecule has 1 saturated heterocycles. The molecule has 9 heteroatoms. The average molecular weight is 419 g/mol. The van der Waals surface area contributed by atoms with Crippen LogP contribution in [0.15, 0.2) is 58.7 Å². The van der Waals surface area contributed by atoms with Crippen molar-refractivity contribution in [3.63, 3.8) is 0 Å². The minimum atomic E-state index is -0.673. The Morgan fingerprint density at radius 1 is 1.14 bits per heavy atom. The molecule has 0 aromatic heterocycles. The number of carbonyl (C=O) groups is 2. The molecule has 6 nitrogen and oxygen atoms in total. The molecule has 2 aromatic carbocycles. The summed E-state index contributed by atoms with van der Waals surface area (Å²) in [5, 5.41) is 7.82. The summed E-state index contributed by atoms with van der Waals surface area (Å²) in [6.45, 7) is 1.71. The maximum Gasteiger partial charge on any atom is 0.247 e. The first-order valence-corrected chi connectivity index (χ1v) is 9.53. The molecule has 144 valence electrons. The number of rotatable bonds is 4. The highest BCUT2D eigenvalue weighted by Gasteiger charge is 2.40. The Bertz CT molecular complexity index is 961. The fraction of sp³-hybridized carbons (Fsp3) is 0.158. The highest BCUT2D eigenvalue weighted by molar-refractivity contribution is 8.14. The van der Waals surface area contributed by atoms with Gasteiger partial charge in [0.2, 0.25) is 11.8 Å². The van der Waals surface area contributed by atoms with E-state index < -0.39 is 5.25 Å². The maximum atomic E-state index is 13.0. The van der Waals surface area contributed by atoms with E-state index in [-0.39, 0.29) is 29.2 Å². The van der Waals surface area contributed by atoms with Gasteiger partial charge in [0.05, 0.1) is 11.4 Å². The first-order chi connectivity index (χ1) is 13.3. The van der Waals surface area contributed by atoms with Gasteiger partial charge in [-0.2, -0.15) is 5.10 Å². The average Bonchev–Trinajstić information content (AvgIpc) is 2.94. The van der Waals surface area contributed by atoms with Crippen molar-refractivity contribution in [3.8, 4) is 0 Å². The van der Waals surface area contributed by atoms with Crippen LogP contribution in [-0.2, 0) is 9.59 Å². The van der Waals surface area contributed by atoms with Crippen molar-refractivity contribution < 1.29 is 14.0 Å². The van der Waals surface area contributed by atoms with Crippen LogP contribution >= 0.6 is 23.4 Å². The zero-order valence-corrected chi connectivity index (χ0v) is 16.4. The highest BCUT2D eigenvalue weighted by Crippen LogP contribution is 2.30. The van der Waals surface area contributed by atoms with Crippen LogP contribution in [0, 0.1) is 5.82 Å². The molecular formula is C19H16ClFN4O2S. The van der Waals surface area contributed by atoms with Crippen molar-refractivity contribution in [3.05, 3.63) is 64.9 Å². The number of halogens is 2. The number of amidine groups is 1. The normalized spacial score (nSPS) is 18.1. The summed E-state index contributed by atoms with van der Waals surface area (Å²) in [6.07, 6.45) is 0.0169. The van der Waals surface area contributed by atoms with Crippen LogP contribution < -0.4 is 10.6 Å². The lowest BCUT2D eigenvalue weighted by atomic mass is 10.1. The van der Waals surface area contributed by atoms with Gasteiger partial charge in [-0.05, 0) is 48.9 Å². The van der Waals surface area contributed by atoms with Crippen molar-refractivity contribution in [2.45, 2.75) is 18.6 Å². The molecular weight excluding hydrogens is 403 g/mol. The molecule has 0 bridgehead atoms. The molecule has 1 unspecified atom stereocenters. The van der Waals surface area contributed by atoms with Gasteiger partial charge in [0.1, 0.15) is 11.1 Å². The number of anilines is 1. The first kappa shape index (κ1) is 20.0. The minimum absolute atomic E-state index is 0.0169. The summed E-state index contributed by atoms with van der Waals surface area (Å²) in [5.74, 6) is -1.02. The Morgan fingerprint density at radius 2 is 1.79 bits per heavy atom. The number of hydrogen-bond acceptors (Lipinski definition) is 5. The zero-order valence-electron chi connectivity index (χ0n) is 14.8. The summed E-state index contributed by atoms with van der Waals surface area (Å²) >= 11 is 6.83. The molecule has 28 heavy (non-hydrogen) atoms. The van der Waals surface area contributed by atoms with Crippen molar-refractivity contribution >= 4 is 51.7 Å². The second-order valence-corrected chi connectivity index (χ2v) is 7.64. The number of thioether (sulfide) groups is 1. The molecule has 2 N–H and O–H groups in total. The van der Waals surface area contributed by atoms with E-state index in [0.717, 1.165) is 16.7 Å². The van der Waals surface area contributed by atoms with E-state index >= 15 is 0 Å². The number of nitrogens with zero attached hydrogens (tertiary/aromatic N) is 3. The molecule has 0 spiro atoms. The van der Waals surface area contributed by atoms with Gasteiger partial charge in [0, 0.05) is 11.4 Å². The fourth-order valence-corrected chi connectivity index (χ4v) is 3.54. The van der Waals surface area contributed by atoms with Gasteiger partial charge in [-0.25, -0.2) is 9.29 Å². The molecule has 0 saturated carbocycles. The lowest BCUT2D eigenvalue weighted by molar-refractivity contribution is -0.121. The number of hydrogen-bond donors (Lipinski definition) is 1. The van der Waals surface area contributed by atoms with Gasteiger partial charge < -0.3 is 5.73 Å². The molecule has 1 atom stereocenters. The second kappa shape index (κ2) is 8.53. The van der Waals surface area contributed by atoms with Crippen LogP contribution in [0.3, 0.4) is 0 Å². The summed E-state index contributed by atoms with van der Waals surface area (Å²) in [5.41, 5.74) is 7.56. The van der Waals surface area contributed by atoms with Crippen LogP contribution in [-0.4, -0.2) is 27.9 Å². The molecule has 1 aliphatic heterocycles. The summed E-state index contributed by atoms with van der Waals surface area (Å²) in [6, 6.07) is 12.3. The van der Waals surface area contributed by atoms with Gasteiger partial charge in [0.25, 0.3) is 0 Å². The Hall–Kier alpha value is -2.71. The van der Waals surface area contributed by atoms with Crippen LogP contribution in [0.1, 0.15) is 18.9 Å². The Balaban J connectivity index is 1.69. The van der Waals surface area contributed by atoms with Crippen molar-refractivity contribution in [2.24, 2.45) is 15.9 Å². The predicted molar refractivity (Wildman–Crippen MR) is 110 cm³/mol. The summed E-state index contributed by atoms with van der Waals surface area (Å²) < 4.78 is 13.0. The van der Waals surface area contributed by atoms with E-state index in [2.05, 4.69) is 10.2 Å². The van der Waals surface area contributed by atoms with Crippen LogP contribution in [0.25, 0.3) is 0 Å². The van der Waals surface area contributed by atoms with E-state index in [1.54, 1.807) is 43.3 Å². The Labute approximate surface area is 170 Å². The van der Waals surface area contributed by atoms with Crippen molar-refractivity contribution in [1.82, 2.24) is 0 Å². The monoisotopic (exact) mass is 418 g/mol. The lowest BCUT2D eigenvalue weighted by Crippen LogP contribution is -2.31. The zero-order chi connectivity index (χ0) is 20.3. The standard InChI is InChI=1S/C19H16ClFN4O2S/c1-11(12-2-6-14(21)7-3-12)23-24-19(22)28-16-10-17(26)25(18(16)27)15-8-4-13(20)5-9-15/h2-9,16H,10H2,1H3,(H2,22,24)/b23-11+. The fourth-order valence-electron chi connectivity index (χ4n) is 2.60. The molecule has 1 heterocycles. The van der Waals surface area contributed by atoms with Gasteiger partial charge in [0.15, 0.2) is 5.17 Å². The topological polar surface area (TPSA) is 88.1 Å². The number of imide groups is 1. The van der Waals surface area contributed by atoms with Crippen molar-refractivity contribution in [2.75, 3.05) is 4.90 Å². The molecule has 0 aliphatic carbocycles. The van der Waals surface area contributed by atoms with E-state index in [1.165, 1.54) is 12.1 Å². The van der Waals surface area contributed by atoms with Gasteiger partial charge in [-0.1, -0.05) is 35.5 Å². The third kappa shape index (κ3) is 4.58. The summed E-state index contributed by atoms with van der Waals surface area (Å²) in [7, 11) is 0. The third-order valence-electron chi connectivity index (χ3n) is 4.01. The summed E-state index contributed by atoms with van der Waals surface area (Å²) in [4.78, 5) is 26.0. The number of benzene rings is 2. The molecule has 3 rings (SSSR count). The van der Waals surface area contributed by atoms with Crippen molar-refractivity contribution in [1.29, 1.82) is 0 Å². The number of carbonyl (C=O) groups excluding carboxylic acids is 2. The molecule has 2 aromatic rings. The third-order valence-corrected chi connectivity index (χ3v) is 5.24. The molecule has 1 aliphatic rings.